The highest BCUT2D eigenvalue weighted by Gasteiger charge is 1.91. The first-order valence-electron chi connectivity index (χ1n) is 6.91. The van der Waals surface area contributed by atoms with Crippen molar-refractivity contribution in [3.8, 4) is 0 Å². The molecule has 0 amide bonds. The molecular weight excluding hydrogens is 182 g/mol. The van der Waals surface area contributed by atoms with Crippen molar-refractivity contribution in [1.82, 2.24) is 5.32 Å². The molecule has 0 rings (SSSR count). The van der Waals surface area contributed by atoms with E-state index >= 15 is 0 Å². The van der Waals surface area contributed by atoms with Crippen molar-refractivity contribution >= 4 is 0 Å². The van der Waals surface area contributed by atoms with Crippen LogP contribution in [0.1, 0.15) is 71.1 Å². The Balaban J connectivity index is 2.81. The van der Waals surface area contributed by atoms with E-state index in [4.69, 9.17) is 0 Å². The highest BCUT2D eigenvalue weighted by Crippen LogP contribution is 2.09. The van der Waals surface area contributed by atoms with Crippen LogP contribution in [0.15, 0.2) is 0 Å². The summed E-state index contributed by atoms with van der Waals surface area (Å²) >= 11 is 0. The van der Waals surface area contributed by atoms with Crippen LogP contribution in [-0.2, 0) is 0 Å². The molecule has 1 heteroatoms. The van der Waals surface area contributed by atoms with Gasteiger partial charge in [-0.2, -0.15) is 0 Å². The van der Waals surface area contributed by atoms with E-state index in [1.165, 1.54) is 64.3 Å². The maximum Gasteiger partial charge on any atom is -0.00490 e. The lowest BCUT2D eigenvalue weighted by Crippen LogP contribution is -2.13. The van der Waals surface area contributed by atoms with Crippen molar-refractivity contribution in [3.05, 3.63) is 6.92 Å². The molecule has 0 heterocycles. The van der Waals surface area contributed by atoms with Crippen LogP contribution in [0, 0.1) is 6.92 Å². The normalized spacial score (nSPS) is 10.8. The van der Waals surface area contributed by atoms with Crippen molar-refractivity contribution < 1.29 is 0 Å². The summed E-state index contributed by atoms with van der Waals surface area (Å²) in [7, 11) is 0. The largest absolute Gasteiger partial charge is 0.317 e. The Bertz CT molecular complexity index is 89.5. The molecule has 0 fully saturated rings. The van der Waals surface area contributed by atoms with Crippen molar-refractivity contribution in [1.29, 1.82) is 0 Å². The molecule has 0 aromatic rings. The number of rotatable bonds is 12. The molecule has 0 aliphatic rings. The number of nitrogens with one attached hydrogen (secondary N) is 1. The molecule has 15 heavy (non-hydrogen) atoms. The van der Waals surface area contributed by atoms with Gasteiger partial charge in [0, 0.05) is 0 Å². The fourth-order valence-corrected chi connectivity index (χ4v) is 1.84. The van der Waals surface area contributed by atoms with Crippen LogP contribution in [0.3, 0.4) is 0 Å². The highest BCUT2D eigenvalue weighted by molar-refractivity contribution is 4.49. The van der Waals surface area contributed by atoms with Gasteiger partial charge in [0.15, 0.2) is 0 Å². The Morgan fingerprint density at radius 3 is 1.67 bits per heavy atom. The summed E-state index contributed by atoms with van der Waals surface area (Å²) in [5, 5.41) is 3.37. The van der Waals surface area contributed by atoms with E-state index in [0.29, 0.717) is 0 Å². The van der Waals surface area contributed by atoms with Gasteiger partial charge in [-0.25, -0.2) is 0 Å². The van der Waals surface area contributed by atoms with Gasteiger partial charge in [0.25, 0.3) is 0 Å². The third-order valence-corrected chi connectivity index (χ3v) is 2.85. The quantitative estimate of drug-likeness (QED) is 0.475. The maximum absolute atomic E-state index is 3.86. The summed E-state index contributed by atoms with van der Waals surface area (Å²) in [5.41, 5.74) is 0. The van der Waals surface area contributed by atoms with E-state index < -0.39 is 0 Å². The first-order valence-corrected chi connectivity index (χ1v) is 6.91. The van der Waals surface area contributed by atoms with E-state index in [9.17, 15) is 0 Å². The Hall–Kier alpha value is -0.0400. The van der Waals surface area contributed by atoms with Crippen molar-refractivity contribution in [2.24, 2.45) is 0 Å². The molecule has 0 saturated carbocycles. The Labute approximate surface area is 97.0 Å². The standard InChI is InChI=1S/C14H30N/c1-3-5-6-7-8-9-10-11-12-13-14-15-4-2/h15H,1,3-14H2,2H3. The molecule has 0 aromatic carbocycles. The Morgan fingerprint density at radius 2 is 1.20 bits per heavy atom. The Morgan fingerprint density at radius 1 is 0.733 bits per heavy atom. The molecule has 91 valence electrons. The van der Waals surface area contributed by atoms with Crippen LogP contribution >= 0.6 is 0 Å². The van der Waals surface area contributed by atoms with Gasteiger partial charge in [0.1, 0.15) is 0 Å². The van der Waals surface area contributed by atoms with E-state index in [2.05, 4.69) is 19.2 Å². The summed E-state index contributed by atoms with van der Waals surface area (Å²) in [6.45, 7) is 8.36. The molecular formula is C14H30N. The molecule has 0 atom stereocenters. The van der Waals surface area contributed by atoms with Crippen LogP contribution in [0.25, 0.3) is 0 Å². The molecule has 0 bridgehead atoms. The number of hydrogen-bond acceptors (Lipinski definition) is 1. The summed E-state index contributed by atoms with van der Waals surface area (Å²) < 4.78 is 0. The minimum atomic E-state index is 1.12. The van der Waals surface area contributed by atoms with E-state index in [1.54, 1.807) is 0 Å². The van der Waals surface area contributed by atoms with Crippen LogP contribution in [0.4, 0.5) is 0 Å². The zero-order chi connectivity index (χ0) is 11.2. The second-order valence-electron chi connectivity index (χ2n) is 4.39. The van der Waals surface area contributed by atoms with Crippen LogP contribution in [-0.4, -0.2) is 13.1 Å². The lowest BCUT2D eigenvalue weighted by atomic mass is 10.1. The van der Waals surface area contributed by atoms with Crippen LogP contribution in [0.2, 0.25) is 0 Å². The minimum absolute atomic E-state index is 1.12. The van der Waals surface area contributed by atoms with Gasteiger partial charge in [0.05, 0.1) is 0 Å². The average Bonchev–Trinajstić information content (AvgIpc) is 2.26. The molecule has 0 aliphatic heterocycles. The van der Waals surface area contributed by atoms with Crippen molar-refractivity contribution in [3.63, 3.8) is 0 Å². The van der Waals surface area contributed by atoms with E-state index in [1.807, 2.05) is 0 Å². The molecule has 1 N–H and O–H groups in total. The van der Waals surface area contributed by atoms with Gasteiger partial charge < -0.3 is 5.32 Å². The minimum Gasteiger partial charge on any atom is -0.317 e. The predicted molar refractivity (Wildman–Crippen MR) is 70.1 cm³/mol. The first-order chi connectivity index (χ1) is 7.41. The zero-order valence-electron chi connectivity index (χ0n) is 10.7. The van der Waals surface area contributed by atoms with Gasteiger partial charge in [0.2, 0.25) is 0 Å². The fraction of sp³-hybridized carbons (Fsp3) is 0.929. The SMILES string of the molecule is [CH2]CCCCCCCCCCCNCC. The van der Waals surface area contributed by atoms with Gasteiger partial charge in [-0.05, 0) is 19.5 Å². The van der Waals surface area contributed by atoms with Crippen LogP contribution < -0.4 is 5.32 Å². The number of unbranched alkanes of at least 4 members (excludes halogenated alkanes) is 9. The highest BCUT2D eigenvalue weighted by atomic mass is 14.8. The van der Waals surface area contributed by atoms with E-state index in [0.717, 1.165) is 13.0 Å². The lowest BCUT2D eigenvalue weighted by molar-refractivity contribution is 0.549. The molecule has 0 aliphatic carbocycles. The first kappa shape index (κ1) is 15.0. The smallest absolute Gasteiger partial charge is 0.00490 e. The fourth-order valence-electron chi connectivity index (χ4n) is 1.84. The Kier molecular flexibility index (Phi) is 13.9. The van der Waals surface area contributed by atoms with Gasteiger partial charge in [-0.15, -0.1) is 0 Å². The summed E-state index contributed by atoms with van der Waals surface area (Å²) in [5.74, 6) is 0. The third-order valence-electron chi connectivity index (χ3n) is 2.85. The lowest BCUT2D eigenvalue weighted by Gasteiger charge is -2.02. The molecule has 0 spiro atoms. The second kappa shape index (κ2) is 14.0. The van der Waals surface area contributed by atoms with E-state index in [-0.39, 0.29) is 0 Å². The summed E-state index contributed by atoms with van der Waals surface area (Å²) in [6, 6.07) is 0. The summed E-state index contributed by atoms with van der Waals surface area (Å²) in [6.07, 6.45) is 13.8. The predicted octanol–water partition coefficient (Wildman–Crippen LogP) is 4.33. The van der Waals surface area contributed by atoms with Gasteiger partial charge >= 0.3 is 0 Å². The van der Waals surface area contributed by atoms with Crippen LogP contribution in [0.5, 0.6) is 0 Å². The van der Waals surface area contributed by atoms with Gasteiger partial charge in [-0.3, -0.25) is 0 Å². The van der Waals surface area contributed by atoms with Gasteiger partial charge in [-0.1, -0.05) is 71.6 Å². The van der Waals surface area contributed by atoms with Crippen molar-refractivity contribution in [2.45, 2.75) is 71.1 Å². The molecule has 1 radical (unpaired) electrons. The second-order valence-corrected chi connectivity index (χ2v) is 4.39. The topological polar surface area (TPSA) is 12.0 Å². The number of hydrogen-bond donors (Lipinski definition) is 1. The third kappa shape index (κ3) is 14.0. The van der Waals surface area contributed by atoms with Crippen molar-refractivity contribution in [2.75, 3.05) is 13.1 Å². The summed E-state index contributed by atoms with van der Waals surface area (Å²) in [4.78, 5) is 0. The monoisotopic (exact) mass is 212 g/mol. The molecule has 1 nitrogen and oxygen atoms in total. The molecule has 0 saturated heterocycles. The maximum atomic E-state index is 3.86. The average molecular weight is 212 g/mol. The zero-order valence-corrected chi connectivity index (χ0v) is 10.7. The molecule has 0 aromatic heterocycles. The molecule has 0 unspecified atom stereocenters.